The van der Waals surface area contributed by atoms with Crippen LogP contribution in [-0.4, -0.2) is 11.5 Å². The maximum absolute atomic E-state index is 13.5. The third-order valence-corrected chi connectivity index (χ3v) is 7.67. The minimum Gasteiger partial charge on any atom is -0.300 e. The van der Waals surface area contributed by atoms with Gasteiger partial charge in [-0.25, -0.2) is 0 Å². The van der Waals surface area contributed by atoms with Crippen LogP contribution >= 0.6 is 0 Å². The zero-order chi connectivity index (χ0) is 24.5. The molecule has 0 bridgehead atoms. The Morgan fingerprint density at radius 2 is 1.36 bits per heavy atom. The van der Waals surface area contributed by atoms with Gasteiger partial charge in [-0.15, -0.1) is 0 Å². The van der Waals surface area contributed by atoms with Gasteiger partial charge in [0.2, 0.25) is 0 Å². The van der Waals surface area contributed by atoms with Crippen LogP contribution in [-0.2, 0) is 19.3 Å². The number of nitrogens with one attached hydrogen (secondary N) is 1. The van der Waals surface area contributed by atoms with E-state index in [4.69, 9.17) is 5.41 Å². The van der Waals surface area contributed by atoms with Crippen molar-refractivity contribution in [3.8, 4) is 11.1 Å². The highest BCUT2D eigenvalue weighted by Crippen LogP contribution is 2.34. The number of Topliss-reactive ketones (excluding diaryl/α,β-unsaturated/α-hetero) is 1. The van der Waals surface area contributed by atoms with Gasteiger partial charge in [0.1, 0.15) is 0 Å². The summed E-state index contributed by atoms with van der Waals surface area (Å²) in [5.74, 6) is 0.304. The van der Waals surface area contributed by atoms with Gasteiger partial charge >= 0.3 is 0 Å². The number of carbonyl (C=O) groups excluding carboxylic acids is 1. The molecule has 2 heteroatoms. The quantitative estimate of drug-likeness (QED) is 0.328. The lowest BCUT2D eigenvalue weighted by Crippen LogP contribution is -2.24. The van der Waals surface area contributed by atoms with Crippen LogP contribution in [0.1, 0.15) is 51.0 Å². The molecule has 0 radical (unpaired) electrons. The van der Waals surface area contributed by atoms with Gasteiger partial charge in [0.25, 0.3) is 0 Å². The smallest absolute Gasteiger partial charge is 0.166 e. The fourth-order valence-electron chi connectivity index (χ4n) is 5.65. The highest BCUT2D eigenvalue weighted by molar-refractivity contribution is 6.15. The van der Waals surface area contributed by atoms with E-state index in [0.717, 1.165) is 71.1 Å². The molecule has 1 unspecified atom stereocenters. The van der Waals surface area contributed by atoms with Gasteiger partial charge in [0.05, 0.1) is 5.71 Å². The summed E-state index contributed by atoms with van der Waals surface area (Å²) in [6, 6.07) is 33.4. The monoisotopic (exact) mass is 467 g/mol. The molecule has 176 valence electrons. The Morgan fingerprint density at radius 3 is 2.08 bits per heavy atom. The largest absolute Gasteiger partial charge is 0.300 e. The molecule has 0 aromatic heterocycles. The predicted molar refractivity (Wildman–Crippen MR) is 148 cm³/mol. The summed E-state index contributed by atoms with van der Waals surface area (Å²) in [5.41, 5.74) is 10.4. The molecule has 1 N–H and O–H groups in total. The van der Waals surface area contributed by atoms with Crippen molar-refractivity contribution in [3.63, 3.8) is 0 Å². The standard InChI is InChI=1S/C34H29NO/c35-33-29(19-23-7-3-1-4-8-23)17-13-25-11-15-27(21-31(25)33)28-16-12-26-14-18-30(34(36)32(26)22-28)20-24-9-5-2-6-10-24/h1-12,15-16,19,21-22,30,35H,13-14,17-18,20H2/b29-19+,35-33?. The molecule has 0 amide bonds. The highest BCUT2D eigenvalue weighted by Gasteiger charge is 2.28. The van der Waals surface area contributed by atoms with Crippen molar-refractivity contribution in [2.75, 3.05) is 0 Å². The molecule has 36 heavy (non-hydrogen) atoms. The van der Waals surface area contributed by atoms with E-state index in [2.05, 4.69) is 66.7 Å². The van der Waals surface area contributed by atoms with Crippen LogP contribution < -0.4 is 0 Å². The molecule has 2 aliphatic carbocycles. The molecule has 0 spiro atoms. The number of hydrogen-bond donors (Lipinski definition) is 1. The third kappa shape index (κ3) is 4.35. The molecule has 2 nitrogen and oxygen atoms in total. The lowest BCUT2D eigenvalue weighted by molar-refractivity contribution is 0.0901. The normalized spacial score (nSPS) is 18.1. The molecule has 0 saturated heterocycles. The summed E-state index contributed by atoms with van der Waals surface area (Å²) in [6.45, 7) is 0. The topological polar surface area (TPSA) is 40.9 Å². The van der Waals surface area contributed by atoms with E-state index in [1.807, 2.05) is 36.4 Å². The van der Waals surface area contributed by atoms with Crippen molar-refractivity contribution < 1.29 is 4.79 Å². The van der Waals surface area contributed by atoms with E-state index >= 15 is 0 Å². The number of rotatable bonds is 4. The molecule has 4 aromatic rings. The number of fused-ring (bicyclic) bond motifs is 2. The van der Waals surface area contributed by atoms with Crippen LogP contribution in [0.5, 0.6) is 0 Å². The minimum atomic E-state index is 0.0394. The summed E-state index contributed by atoms with van der Waals surface area (Å²) in [5, 5.41) is 8.93. The van der Waals surface area contributed by atoms with Crippen molar-refractivity contribution in [1.29, 1.82) is 5.41 Å². The number of ketones is 1. The van der Waals surface area contributed by atoms with Gasteiger partial charge in [-0.1, -0.05) is 84.9 Å². The first kappa shape index (κ1) is 22.4. The highest BCUT2D eigenvalue weighted by atomic mass is 16.1. The van der Waals surface area contributed by atoms with Gasteiger partial charge in [-0.3, -0.25) is 10.2 Å². The average molecular weight is 468 g/mol. The number of allylic oxidation sites excluding steroid dienone is 1. The number of carbonyl (C=O) groups is 1. The summed E-state index contributed by atoms with van der Waals surface area (Å²) in [4.78, 5) is 13.5. The molecule has 0 aliphatic heterocycles. The molecule has 1 atom stereocenters. The summed E-state index contributed by atoms with van der Waals surface area (Å²) >= 11 is 0. The second-order valence-electron chi connectivity index (χ2n) is 9.99. The Morgan fingerprint density at radius 1 is 0.722 bits per heavy atom. The van der Waals surface area contributed by atoms with Crippen LogP contribution in [0, 0.1) is 11.3 Å². The van der Waals surface area contributed by atoms with Gasteiger partial charge in [-0.2, -0.15) is 0 Å². The Kier molecular flexibility index (Phi) is 5.95. The lowest BCUT2D eigenvalue weighted by atomic mass is 9.78. The van der Waals surface area contributed by atoms with E-state index in [0.29, 0.717) is 5.71 Å². The first-order chi connectivity index (χ1) is 17.7. The zero-order valence-corrected chi connectivity index (χ0v) is 20.3. The van der Waals surface area contributed by atoms with Gasteiger partial charge in [-0.05, 0) is 89.3 Å². The predicted octanol–water partition coefficient (Wildman–Crippen LogP) is 7.74. The maximum atomic E-state index is 13.5. The van der Waals surface area contributed by atoms with E-state index < -0.39 is 0 Å². The molecular formula is C34H29NO. The van der Waals surface area contributed by atoms with E-state index in [-0.39, 0.29) is 11.7 Å². The summed E-state index contributed by atoms with van der Waals surface area (Å²) < 4.78 is 0. The molecule has 0 heterocycles. The van der Waals surface area contributed by atoms with E-state index in [9.17, 15) is 4.79 Å². The molecule has 0 fully saturated rings. The Labute approximate surface area is 212 Å². The second kappa shape index (κ2) is 9.54. The Hall–Kier alpha value is -4.04. The zero-order valence-electron chi connectivity index (χ0n) is 20.3. The minimum absolute atomic E-state index is 0.0394. The number of hydrogen-bond acceptors (Lipinski definition) is 2. The van der Waals surface area contributed by atoms with Crippen molar-refractivity contribution in [2.24, 2.45) is 5.92 Å². The molecule has 4 aromatic carbocycles. The van der Waals surface area contributed by atoms with Crippen LogP contribution in [0.2, 0.25) is 0 Å². The van der Waals surface area contributed by atoms with Gasteiger partial charge < -0.3 is 0 Å². The maximum Gasteiger partial charge on any atom is 0.166 e. The molecule has 0 saturated carbocycles. The van der Waals surface area contributed by atoms with Crippen molar-refractivity contribution in [2.45, 2.75) is 32.1 Å². The first-order valence-electron chi connectivity index (χ1n) is 12.8. The fourth-order valence-corrected chi connectivity index (χ4v) is 5.65. The van der Waals surface area contributed by atoms with Crippen LogP contribution in [0.4, 0.5) is 0 Å². The van der Waals surface area contributed by atoms with Crippen LogP contribution in [0.25, 0.3) is 17.2 Å². The lowest BCUT2D eigenvalue weighted by Gasteiger charge is -2.24. The summed E-state index contributed by atoms with van der Waals surface area (Å²) in [7, 11) is 0. The first-order valence-corrected chi connectivity index (χ1v) is 12.8. The van der Waals surface area contributed by atoms with Gasteiger partial charge in [0, 0.05) is 17.0 Å². The van der Waals surface area contributed by atoms with Crippen molar-refractivity contribution in [3.05, 3.63) is 136 Å². The van der Waals surface area contributed by atoms with Crippen LogP contribution in [0.3, 0.4) is 0 Å². The van der Waals surface area contributed by atoms with Crippen LogP contribution in [0.15, 0.2) is 103 Å². The van der Waals surface area contributed by atoms with Gasteiger partial charge in [0.15, 0.2) is 5.78 Å². The second-order valence-corrected chi connectivity index (χ2v) is 9.99. The fraction of sp³-hybridized carbons (Fsp3) is 0.176. The number of aryl methyl sites for hydroxylation is 2. The van der Waals surface area contributed by atoms with Crippen molar-refractivity contribution in [1.82, 2.24) is 0 Å². The SMILES string of the molecule is N=C1/C(=C/c2ccccc2)CCc2ccc(-c3ccc4c(c3)C(=O)C(Cc3ccccc3)CC4)cc21. The van der Waals surface area contributed by atoms with E-state index in [1.165, 1.54) is 11.1 Å². The average Bonchev–Trinajstić information content (AvgIpc) is 2.93. The third-order valence-electron chi connectivity index (χ3n) is 7.67. The summed E-state index contributed by atoms with van der Waals surface area (Å²) in [6.07, 6.45) is 6.63. The van der Waals surface area contributed by atoms with Crippen molar-refractivity contribution >= 4 is 17.6 Å². The Bertz CT molecular complexity index is 1480. The Balaban J connectivity index is 1.29. The number of benzene rings is 4. The molecule has 6 rings (SSSR count). The molecule has 2 aliphatic rings. The van der Waals surface area contributed by atoms with E-state index in [1.54, 1.807) is 0 Å². The molecular weight excluding hydrogens is 438 g/mol.